The molecule has 3 rings (SSSR count). The lowest BCUT2D eigenvalue weighted by molar-refractivity contribution is 0.00578. The number of hydrogen-bond acceptors (Lipinski definition) is 4. The maximum atomic E-state index is 6.25. The zero-order valence-electron chi connectivity index (χ0n) is 16.1. The third-order valence-corrected chi connectivity index (χ3v) is 5.87. The molecule has 0 saturated carbocycles. The van der Waals surface area contributed by atoms with Gasteiger partial charge in [-0.05, 0) is 58.0 Å². The maximum Gasteiger partial charge on any atom is 0.498 e. The van der Waals surface area contributed by atoms with Gasteiger partial charge in [-0.25, -0.2) is 0 Å². The monoisotopic (exact) mass is 408 g/mol. The van der Waals surface area contributed by atoms with Gasteiger partial charge in [0.2, 0.25) is 0 Å². The van der Waals surface area contributed by atoms with Crippen LogP contribution in [-0.2, 0) is 15.9 Å². The van der Waals surface area contributed by atoms with Gasteiger partial charge in [-0.15, -0.1) is 0 Å². The predicted molar refractivity (Wildman–Crippen MR) is 110 cm³/mol. The summed E-state index contributed by atoms with van der Waals surface area (Å²) in [7, 11) is 1.05. The largest absolute Gasteiger partial charge is 0.498 e. The van der Waals surface area contributed by atoms with Crippen LogP contribution in [0, 0.1) is 0 Å². The van der Waals surface area contributed by atoms with E-state index in [0.717, 1.165) is 11.0 Å². The second-order valence-electron chi connectivity index (χ2n) is 7.48. The van der Waals surface area contributed by atoms with Crippen molar-refractivity contribution in [1.82, 2.24) is 0 Å². The molecule has 1 aliphatic rings. The van der Waals surface area contributed by atoms with Crippen LogP contribution >= 0.6 is 23.2 Å². The standard InChI is InChI=1S/C20H23BCl2O4/c1-19(2)20(3,4)27-21(26-19)15-11-13(24-5)9-10-18(15)25-12-14-16(22)7-6-8-17(14)23/h6-11H,12H2,1-5H3. The Hall–Kier alpha value is -1.40. The minimum atomic E-state index is -0.568. The van der Waals surface area contributed by atoms with Gasteiger partial charge in [0.05, 0.1) is 18.3 Å². The lowest BCUT2D eigenvalue weighted by Crippen LogP contribution is -2.41. The van der Waals surface area contributed by atoms with Crippen molar-refractivity contribution in [3.8, 4) is 11.5 Å². The number of rotatable bonds is 5. The summed E-state index contributed by atoms with van der Waals surface area (Å²) in [6.45, 7) is 8.28. The van der Waals surface area contributed by atoms with Crippen molar-refractivity contribution in [2.45, 2.75) is 45.5 Å². The number of halogens is 2. The Balaban J connectivity index is 1.90. The molecular formula is C20H23BCl2O4. The van der Waals surface area contributed by atoms with Gasteiger partial charge in [-0.1, -0.05) is 29.3 Å². The molecule has 2 aromatic carbocycles. The number of methoxy groups -OCH3 is 1. The van der Waals surface area contributed by atoms with E-state index in [9.17, 15) is 0 Å². The van der Waals surface area contributed by atoms with E-state index >= 15 is 0 Å². The minimum absolute atomic E-state index is 0.233. The van der Waals surface area contributed by atoms with Crippen molar-refractivity contribution < 1.29 is 18.8 Å². The van der Waals surface area contributed by atoms with Gasteiger partial charge in [0, 0.05) is 21.1 Å². The normalized spacial score (nSPS) is 17.8. The van der Waals surface area contributed by atoms with Gasteiger partial charge in [0.25, 0.3) is 0 Å². The molecule has 0 amide bonds. The lowest BCUT2D eigenvalue weighted by Gasteiger charge is -2.32. The van der Waals surface area contributed by atoms with Gasteiger partial charge in [-0.3, -0.25) is 0 Å². The Morgan fingerprint density at radius 2 is 1.56 bits per heavy atom. The molecule has 1 aliphatic heterocycles. The van der Waals surface area contributed by atoms with Gasteiger partial charge >= 0.3 is 7.12 Å². The van der Waals surface area contributed by atoms with Gasteiger partial charge in [0.15, 0.2) is 0 Å². The predicted octanol–water partition coefficient (Wildman–Crippen LogP) is 4.88. The molecule has 0 spiro atoms. The average Bonchev–Trinajstić information content (AvgIpc) is 2.82. The van der Waals surface area contributed by atoms with Crippen molar-refractivity contribution in [2.75, 3.05) is 7.11 Å². The second kappa shape index (κ2) is 7.55. The Morgan fingerprint density at radius 3 is 2.11 bits per heavy atom. The second-order valence-corrected chi connectivity index (χ2v) is 8.30. The fourth-order valence-corrected chi connectivity index (χ4v) is 3.27. The van der Waals surface area contributed by atoms with Crippen molar-refractivity contribution >= 4 is 35.8 Å². The topological polar surface area (TPSA) is 36.9 Å². The first-order valence-corrected chi connectivity index (χ1v) is 9.49. The number of hydrogen-bond donors (Lipinski definition) is 0. The SMILES string of the molecule is COc1ccc(OCc2c(Cl)cccc2Cl)c(B2OC(C)(C)C(C)(C)O2)c1. The summed E-state index contributed by atoms with van der Waals surface area (Å²) in [6, 6.07) is 10.9. The maximum absolute atomic E-state index is 6.25. The van der Waals surface area contributed by atoms with Crippen molar-refractivity contribution in [3.63, 3.8) is 0 Å². The van der Waals surface area contributed by atoms with Crippen LogP contribution in [0.2, 0.25) is 10.0 Å². The molecule has 0 aliphatic carbocycles. The molecule has 1 saturated heterocycles. The molecule has 2 aromatic rings. The molecule has 27 heavy (non-hydrogen) atoms. The van der Waals surface area contributed by atoms with E-state index in [1.807, 2.05) is 45.9 Å². The van der Waals surface area contributed by atoms with Crippen LogP contribution in [0.25, 0.3) is 0 Å². The van der Waals surface area contributed by atoms with E-state index in [1.54, 1.807) is 25.3 Å². The first-order chi connectivity index (χ1) is 12.6. The van der Waals surface area contributed by atoms with Crippen LogP contribution in [0.3, 0.4) is 0 Å². The Kier molecular flexibility index (Phi) is 5.69. The summed E-state index contributed by atoms with van der Waals surface area (Å²) in [6.07, 6.45) is 0. The van der Waals surface area contributed by atoms with E-state index in [4.69, 9.17) is 42.0 Å². The van der Waals surface area contributed by atoms with Crippen LogP contribution in [0.1, 0.15) is 33.3 Å². The molecule has 0 N–H and O–H groups in total. The highest BCUT2D eigenvalue weighted by Gasteiger charge is 2.52. The average molecular weight is 409 g/mol. The third-order valence-electron chi connectivity index (χ3n) is 5.16. The van der Waals surface area contributed by atoms with E-state index in [-0.39, 0.29) is 6.61 Å². The van der Waals surface area contributed by atoms with E-state index in [0.29, 0.717) is 21.5 Å². The molecule has 0 aromatic heterocycles. The van der Waals surface area contributed by atoms with Crippen LogP contribution in [0.15, 0.2) is 36.4 Å². The summed E-state index contributed by atoms with van der Waals surface area (Å²) < 4.78 is 23.8. The summed E-state index contributed by atoms with van der Waals surface area (Å²) in [5.41, 5.74) is 0.585. The summed E-state index contributed by atoms with van der Waals surface area (Å²) >= 11 is 12.5. The Bertz CT molecular complexity index is 802. The lowest BCUT2D eigenvalue weighted by atomic mass is 9.78. The van der Waals surface area contributed by atoms with E-state index in [2.05, 4.69) is 0 Å². The quantitative estimate of drug-likeness (QED) is 0.660. The highest BCUT2D eigenvalue weighted by Crippen LogP contribution is 2.37. The summed E-state index contributed by atoms with van der Waals surface area (Å²) in [5, 5.41) is 1.13. The smallest absolute Gasteiger partial charge is 0.497 e. The van der Waals surface area contributed by atoms with Crippen LogP contribution in [-0.4, -0.2) is 25.4 Å². The van der Waals surface area contributed by atoms with Crippen molar-refractivity contribution in [3.05, 3.63) is 52.0 Å². The number of ether oxygens (including phenoxy) is 2. The van der Waals surface area contributed by atoms with Gasteiger partial charge in [-0.2, -0.15) is 0 Å². The highest BCUT2D eigenvalue weighted by atomic mass is 35.5. The number of benzene rings is 2. The molecule has 1 heterocycles. The first-order valence-electron chi connectivity index (χ1n) is 8.74. The van der Waals surface area contributed by atoms with Gasteiger partial charge < -0.3 is 18.8 Å². The van der Waals surface area contributed by atoms with E-state index in [1.165, 1.54) is 0 Å². The zero-order chi connectivity index (χ0) is 19.8. The summed E-state index contributed by atoms with van der Waals surface area (Å²) in [4.78, 5) is 0. The molecular weight excluding hydrogens is 386 g/mol. The molecule has 144 valence electrons. The minimum Gasteiger partial charge on any atom is -0.497 e. The molecule has 0 bridgehead atoms. The molecule has 4 nitrogen and oxygen atoms in total. The Morgan fingerprint density at radius 1 is 0.963 bits per heavy atom. The summed E-state index contributed by atoms with van der Waals surface area (Å²) in [5.74, 6) is 1.33. The molecule has 0 radical (unpaired) electrons. The van der Waals surface area contributed by atoms with Crippen LogP contribution < -0.4 is 14.9 Å². The molecule has 1 fully saturated rings. The Labute approximate surface area is 170 Å². The van der Waals surface area contributed by atoms with Crippen molar-refractivity contribution in [1.29, 1.82) is 0 Å². The highest BCUT2D eigenvalue weighted by molar-refractivity contribution is 6.63. The fraction of sp³-hybridized carbons (Fsp3) is 0.400. The third kappa shape index (κ3) is 4.07. The van der Waals surface area contributed by atoms with Gasteiger partial charge in [0.1, 0.15) is 18.1 Å². The van der Waals surface area contributed by atoms with Crippen LogP contribution in [0.4, 0.5) is 0 Å². The van der Waals surface area contributed by atoms with Crippen molar-refractivity contribution in [2.24, 2.45) is 0 Å². The zero-order valence-corrected chi connectivity index (χ0v) is 17.6. The van der Waals surface area contributed by atoms with Crippen LogP contribution in [0.5, 0.6) is 11.5 Å². The first kappa shape index (κ1) is 20.3. The molecule has 7 heteroatoms. The molecule has 0 unspecified atom stereocenters. The van der Waals surface area contributed by atoms with E-state index < -0.39 is 18.3 Å². The fourth-order valence-electron chi connectivity index (χ4n) is 2.76. The molecule has 0 atom stereocenters.